The van der Waals surface area contributed by atoms with Crippen molar-refractivity contribution in [2.45, 2.75) is 19.9 Å². The van der Waals surface area contributed by atoms with E-state index < -0.39 is 0 Å². The highest BCUT2D eigenvalue weighted by Crippen LogP contribution is 2.23. The van der Waals surface area contributed by atoms with Gasteiger partial charge in [-0.05, 0) is 31.2 Å². The van der Waals surface area contributed by atoms with Gasteiger partial charge in [0.1, 0.15) is 5.75 Å². The van der Waals surface area contributed by atoms with Gasteiger partial charge in [0.15, 0.2) is 0 Å². The molecular weight excluding hydrogens is 238 g/mol. The maximum absolute atomic E-state index is 5.87. The molecule has 0 amide bonds. The minimum absolute atomic E-state index is 0.806. The standard InChI is InChI=1S/C15H25N3O/c1-3-6-17-7-9-18(10-8-17)12-13-11-14(16)4-5-15(13)19-2/h4-5,11H,3,6-10,12,16H2,1-2H3. The first-order chi connectivity index (χ1) is 9.22. The van der Waals surface area contributed by atoms with Crippen LogP contribution < -0.4 is 10.5 Å². The summed E-state index contributed by atoms with van der Waals surface area (Å²) in [6.07, 6.45) is 1.24. The SMILES string of the molecule is CCCN1CCN(Cc2cc(N)ccc2OC)CC1. The third-order valence-electron chi connectivity index (χ3n) is 3.70. The van der Waals surface area contributed by atoms with Gasteiger partial charge in [-0.2, -0.15) is 0 Å². The van der Waals surface area contributed by atoms with Gasteiger partial charge in [-0.3, -0.25) is 4.90 Å². The quantitative estimate of drug-likeness (QED) is 0.823. The number of benzene rings is 1. The largest absolute Gasteiger partial charge is 0.496 e. The average molecular weight is 263 g/mol. The lowest BCUT2D eigenvalue weighted by Gasteiger charge is -2.34. The topological polar surface area (TPSA) is 41.7 Å². The van der Waals surface area contributed by atoms with E-state index >= 15 is 0 Å². The van der Waals surface area contributed by atoms with Crippen molar-refractivity contribution in [3.05, 3.63) is 23.8 Å². The summed E-state index contributed by atoms with van der Waals surface area (Å²) in [6, 6.07) is 5.87. The van der Waals surface area contributed by atoms with E-state index in [1.165, 1.54) is 31.6 Å². The fourth-order valence-corrected chi connectivity index (χ4v) is 2.65. The number of hydrogen-bond donors (Lipinski definition) is 1. The van der Waals surface area contributed by atoms with Crippen molar-refractivity contribution in [3.8, 4) is 5.75 Å². The zero-order valence-corrected chi connectivity index (χ0v) is 12.1. The fourth-order valence-electron chi connectivity index (χ4n) is 2.65. The number of hydrogen-bond acceptors (Lipinski definition) is 4. The van der Waals surface area contributed by atoms with Crippen LogP contribution in [0.5, 0.6) is 5.75 Å². The van der Waals surface area contributed by atoms with Crippen LogP contribution in [-0.4, -0.2) is 49.6 Å². The summed E-state index contributed by atoms with van der Waals surface area (Å²) in [4.78, 5) is 5.01. The predicted octanol–water partition coefficient (Wildman–Crippen LogP) is 1.81. The smallest absolute Gasteiger partial charge is 0.123 e. The first-order valence-corrected chi connectivity index (χ1v) is 7.10. The van der Waals surface area contributed by atoms with Crippen molar-refractivity contribution in [2.75, 3.05) is 45.6 Å². The summed E-state index contributed by atoms with van der Waals surface area (Å²) in [5, 5.41) is 0. The van der Waals surface area contributed by atoms with E-state index in [2.05, 4.69) is 16.7 Å². The lowest BCUT2D eigenvalue weighted by molar-refractivity contribution is 0.126. The maximum Gasteiger partial charge on any atom is 0.123 e. The van der Waals surface area contributed by atoms with Gasteiger partial charge in [0, 0.05) is 44.0 Å². The van der Waals surface area contributed by atoms with Crippen LogP contribution in [0.2, 0.25) is 0 Å². The van der Waals surface area contributed by atoms with Crippen LogP contribution in [0.25, 0.3) is 0 Å². The van der Waals surface area contributed by atoms with Crippen LogP contribution in [0.15, 0.2) is 18.2 Å². The van der Waals surface area contributed by atoms with Crippen molar-refractivity contribution in [1.82, 2.24) is 9.80 Å². The van der Waals surface area contributed by atoms with E-state index in [9.17, 15) is 0 Å². The fraction of sp³-hybridized carbons (Fsp3) is 0.600. The van der Waals surface area contributed by atoms with E-state index in [-0.39, 0.29) is 0 Å². The lowest BCUT2D eigenvalue weighted by atomic mass is 10.1. The Hall–Kier alpha value is -1.26. The zero-order chi connectivity index (χ0) is 13.7. The van der Waals surface area contributed by atoms with E-state index in [0.29, 0.717) is 0 Å². The highest BCUT2D eigenvalue weighted by molar-refractivity contribution is 5.47. The molecule has 0 saturated carbocycles. The molecule has 0 aromatic heterocycles. The van der Waals surface area contributed by atoms with Crippen LogP contribution in [0, 0.1) is 0 Å². The molecule has 0 aliphatic carbocycles. The minimum atomic E-state index is 0.806. The summed E-state index contributed by atoms with van der Waals surface area (Å²) in [5.74, 6) is 0.935. The van der Waals surface area contributed by atoms with Crippen molar-refractivity contribution < 1.29 is 4.74 Å². The number of nitrogens with two attached hydrogens (primary N) is 1. The Labute approximate surface area is 116 Å². The van der Waals surface area contributed by atoms with Gasteiger partial charge in [-0.15, -0.1) is 0 Å². The number of piperazine rings is 1. The third-order valence-corrected chi connectivity index (χ3v) is 3.70. The molecule has 1 aliphatic heterocycles. The number of anilines is 1. The monoisotopic (exact) mass is 263 g/mol. The second-order valence-electron chi connectivity index (χ2n) is 5.19. The Balaban J connectivity index is 1.93. The molecule has 2 N–H and O–H groups in total. The highest BCUT2D eigenvalue weighted by Gasteiger charge is 2.17. The number of nitrogen functional groups attached to an aromatic ring is 1. The van der Waals surface area contributed by atoms with E-state index in [0.717, 1.165) is 31.1 Å². The molecular formula is C15H25N3O. The molecule has 1 aromatic rings. The van der Waals surface area contributed by atoms with Crippen LogP contribution >= 0.6 is 0 Å². The first-order valence-electron chi connectivity index (χ1n) is 7.10. The molecule has 0 spiro atoms. The molecule has 1 heterocycles. The number of rotatable bonds is 5. The Morgan fingerprint density at radius 3 is 2.47 bits per heavy atom. The molecule has 2 rings (SSSR count). The van der Waals surface area contributed by atoms with Gasteiger partial charge in [-0.25, -0.2) is 0 Å². The summed E-state index contributed by atoms with van der Waals surface area (Å²) in [7, 11) is 1.72. The van der Waals surface area contributed by atoms with Crippen molar-refractivity contribution in [3.63, 3.8) is 0 Å². The number of methoxy groups -OCH3 is 1. The molecule has 0 unspecified atom stereocenters. The van der Waals surface area contributed by atoms with Gasteiger partial charge >= 0.3 is 0 Å². The molecule has 4 nitrogen and oxygen atoms in total. The van der Waals surface area contributed by atoms with Crippen molar-refractivity contribution in [2.24, 2.45) is 0 Å². The Kier molecular flexibility index (Phi) is 5.05. The molecule has 0 bridgehead atoms. The Morgan fingerprint density at radius 1 is 1.16 bits per heavy atom. The van der Waals surface area contributed by atoms with Crippen molar-refractivity contribution >= 4 is 5.69 Å². The summed E-state index contributed by atoms with van der Waals surface area (Å²) < 4.78 is 5.41. The second-order valence-corrected chi connectivity index (χ2v) is 5.19. The molecule has 0 atom stereocenters. The number of nitrogens with zero attached hydrogens (tertiary/aromatic N) is 2. The van der Waals surface area contributed by atoms with Gasteiger partial charge in [0.2, 0.25) is 0 Å². The zero-order valence-electron chi connectivity index (χ0n) is 12.1. The molecule has 0 radical (unpaired) electrons. The minimum Gasteiger partial charge on any atom is -0.496 e. The van der Waals surface area contributed by atoms with Crippen molar-refractivity contribution in [1.29, 1.82) is 0 Å². The molecule has 106 valence electrons. The molecule has 1 aromatic carbocycles. The van der Waals surface area contributed by atoms with Gasteiger partial charge in [-0.1, -0.05) is 6.92 Å². The number of ether oxygens (including phenoxy) is 1. The van der Waals surface area contributed by atoms with E-state index in [1.807, 2.05) is 18.2 Å². The molecule has 1 aliphatic rings. The summed E-state index contributed by atoms with van der Waals surface area (Å²) >= 11 is 0. The highest BCUT2D eigenvalue weighted by atomic mass is 16.5. The molecule has 1 saturated heterocycles. The summed E-state index contributed by atoms with van der Waals surface area (Å²) in [6.45, 7) is 8.96. The molecule has 19 heavy (non-hydrogen) atoms. The van der Waals surface area contributed by atoms with Gasteiger partial charge < -0.3 is 15.4 Å². The molecule has 1 fully saturated rings. The second kappa shape index (κ2) is 6.78. The maximum atomic E-state index is 5.87. The van der Waals surface area contributed by atoms with E-state index in [1.54, 1.807) is 7.11 Å². The predicted molar refractivity (Wildman–Crippen MR) is 79.4 cm³/mol. The summed E-state index contributed by atoms with van der Waals surface area (Å²) in [5.41, 5.74) is 7.86. The van der Waals surface area contributed by atoms with Gasteiger partial charge in [0.25, 0.3) is 0 Å². The van der Waals surface area contributed by atoms with Crippen LogP contribution in [0.4, 0.5) is 5.69 Å². The average Bonchev–Trinajstić information content (AvgIpc) is 2.42. The normalized spacial score (nSPS) is 17.6. The van der Waals surface area contributed by atoms with Gasteiger partial charge in [0.05, 0.1) is 7.11 Å². The van der Waals surface area contributed by atoms with E-state index in [4.69, 9.17) is 10.5 Å². The van der Waals surface area contributed by atoms with Crippen LogP contribution in [0.3, 0.4) is 0 Å². The van der Waals surface area contributed by atoms with Crippen LogP contribution in [-0.2, 0) is 6.54 Å². The molecule has 4 heteroatoms. The Morgan fingerprint density at radius 2 is 1.84 bits per heavy atom. The first kappa shape index (κ1) is 14.2. The third kappa shape index (κ3) is 3.85. The Bertz CT molecular complexity index is 400. The van der Waals surface area contributed by atoms with Crippen LogP contribution in [0.1, 0.15) is 18.9 Å². The lowest BCUT2D eigenvalue weighted by Crippen LogP contribution is -2.46.